The zero-order chi connectivity index (χ0) is 23.8. The molecule has 2 aromatic carbocycles. The van der Waals surface area contributed by atoms with Gasteiger partial charge in [0.1, 0.15) is 16.2 Å². The third kappa shape index (κ3) is 4.04. The van der Waals surface area contributed by atoms with Gasteiger partial charge in [-0.15, -0.1) is 23.1 Å². The summed E-state index contributed by atoms with van der Waals surface area (Å²) in [6.45, 7) is 1.79. The molecule has 0 amide bonds. The summed E-state index contributed by atoms with van der Waals surface area (Å²) in [7, 11) is 0. The third-order valence-electron chi connectivity index (χ3n) is 5.26. The maximum atomic E-state index is 15.1. The Balaban J connectivity index is 1.70. The minimum atomic E-state index is -0.729. The fourth-order valence-electron chi connectivity index (χ4n) is 3.78. The Morgan fingerprint density at radius 2 is 2.09 bits per heavy atom. The van der Waals surface area contributed by atoms with Gasteiger partial charge in [0, 0.05) is 40.7 Å². The molecule has 0 spiro atoms. The number of hydrogen-bond donors (Lipinski definition) is 0. The highest BCUT2D eigenvalue weighted by atomic mass is 35.5. The van der Waals surface area contributed by atoms with Crippen molar-refractivity contribution in [1.82, 2.24) is 14.4 Å². The van der Waals surface area contributed by atoms with Crippen molar-refractivity contribution in [3.05, 3.63) is 81.2 Å². The molecular weight excluding hydrogens is 497 g/mol. The molecule has 5 aromatic rings. The average molecular weight is 514 g/mol. The van der Waals surface area contributed by atoms with Crippen LogP contribution in [0.1, 0.15) is 23.0 Å². The zero-order valence-corrected chi connectivity index (χ0v) is 20.3. The first-order valence-corrected chi connectivity index (χ1v) is 12.6. The number of benzene rings is 2. The quantitative estimate of drug-likeness (QED) is 0.212. The molecule has 0 saturated heterocycles. The van der Waals surface area contributed by atoms with Crippen LogP contribution in [-0.2, 0) is 11.2 Å². The number of ether oxygens (including phenoxy) is 1. The molecule has 6 nitrogen and oxygen atoms in total. The van der Waals surface area contributed by atoms with Crippen molar-refractivity contribution < 1.29 is 13.9 Å². The number of carbonyl (C=O) groups is 1. The summed E-state index contributed by atoms with van der Waals surface area (Å²) >= 11 is 8.79. The van der Waals surface area contributed by atoms with Crippen molar-refractivity contribution >= 4 is 66.6 Å². The highest BCUT2D eigenvalue weighted by molar-refractivity contribution is 7.99. The van der Waals surface area contributed by atoms with Gasteiger partial charge >= 0.3 is 5.97 Å². The molecule has 0 aliphatic carbocycles. The minimum absolute atomic E-state index is 0.103. The molecule has 0 radical (unpaired) electrons. The summed E-state index contributed by atoms with van der Waals surface area (Å²) in [4.78, 5) is 35.2. The van der Waals surface area contributed by atoms with Gasteiger partial charge in [0.25, 0.3) is 0 Å². The molecule has 5 rings (SSSR count). The van der Waals surface area contributed by atoms with Crippen LogP contribution in [0.3, 0.4) is 0 Å². The number of aryl methyl sites for hydroxylation is 1. The van der Waals surface area contributed by atoms with Crippen LogP contribution in [0.15, 0.2) is 58.6 Å². The summed E-state index contributed by atoms with van der Waals surface area (Å²) in [5.41, 5.74) is 1.44. The van der Waals surface area contributed by atoms with Crippen molar-refractivity contribution in [3.8, 4) is 0 Å². The lowest BCUT2D eigenvalue weighted by atomic mass is 10.1. The van der Waals surface area contributed by atoms with E-state index in [0.717, 1.165) is 15.9 Å². The third-order valence-corrected chi connectivity index (χ3v) is 7.66. The topological polar surface area (TPSA) is 73.6 Å². The molecule has 0 aliphatic rings. The number of carbonyl (C=O) groups excluding carboxylic acids is 1. The Bertz CT molecular complexity index is 1620. The number of hydrogen-bond acceptors (Lipinski definition) is 7. The molecule has 34 heavy (non-hydrogen) atoms. The van der Waals surface area contributed by atoms with Gasteiger partial charge in [0.15, 0.2) is 0 Å². The maximum Gasteiger partial charge on any atom is 0.345 e. The number of pyridine rings is 1. The molecule has 0 bridgehead atoms. The molecule has 0 N–H and O–H groups in total. The Morgan fingerprint density at radius 3 is 2.85 bits per heavy atom. The van der Waals surface area contributed by atoms with Crippen LogP contribution in [0.25, 0.3) is 25.9 Å². The number of halogens is 2. The first-order chi connectivity index (χ1) is 16.5. The number of aromatic nitrogens is 3. The molecule has 0 fully saturated rings. The van der Waals surface area contributed by atoms with E-state index in [0.29, 0.717) is 32.4 Å². The second-order valence-electron chi connectivity index (χ2n) is 7.37. The van der Waals surface area contributed by atoms with Gasteiger partial charge in [-0.25, -0.2) is 9.18 Å². The maximum absolute atomic E-state index is 15.1. The van der Waals surface area contributed by atoms with Crippen LogP contribution in [0, 0.1) is 5.82 Å². The van der Waals surface area contributed by atoms with E-state index < -0.39 is 17.2 Å². The van der Waals surface area contributed by atoms with Crippen molar-refractivity contribution in [2.45, 2.75) is 18.2 Å². The molecule has 0 atom stereocenters. The van der Waals surface area contributed by atoms with Gasteiger partial charge in [-0.2, -0.15) is 0 Å². The first-order valence-electron chi connectivity index (χ1n) is 10.4. The fraction of sp³-hybridized carbons (Fsp3) is 0.167. The van der Waals surface area contributed by atoms with E-state index >= 15 is 4.39 Å². The van der Waals surface area contributed by atoms with Crippen molar-refractivity contribution in [3.63, 3.8) is 0 Å². The van der Waals surface area contributed by atoms with Gasteiger partial charge in [-0.3, -0.25) is 19.2 Å². The standard InChI is InChI=1S/C24H17ClFN3O3S2/c1-2-32-24(31)21-22(30)15-10-16(26)19(33-8-5-14-12-27-6-7-28-14)11-18(15)29-17-4-3-13(25)9-20(17)34-23(21)29/h3-4,6-7,9-12H,2,5,8H2,1H3. The minimum Gasteiger partial charge on any atom is -0.462 e. The van der Waals surface area contributed by atoms with E-state index in [1.165, 1.54) is 29.2 Å². The number of fused-ring (bicyclic) bond motifs is 5. The van der Waals surface area contributed by atoms with Gasteiger partial charge in [0.2, 0.25) is 5.43 Å². The Kier molecular flexibility index (Phi) is 6.24. The Labute approximate surface area is 206 Å². The van der Waals surface area contributed by atoms with Crippen molar-refractivity contribution in [1.29, 1.82) is 0 Å². The van der Waals surface area contributed by atoms with Crippen LogP contribution in [0.5, 0.6) is 0 Å². The van der Waals surface area contributed by atoms with Crippen LogP contribution in [0.4, 0.5) is 4.39 Å². The lowest BCUT2D eigenvalue weighted by Gasteiger charge is -2.11. The van der Waals surface area contributed by atoms with Gasteiger partial charge in [0.05, 0.1) is 33.4 Å². The molecule has 10 heteroatoms. The van der Waals surface area contributed by atoms with E-state index in [9.17, 15) is 9.59 Å². The van der Waals surface area contributed by atoms with Crippen LogP contribution in [0.2, 0.25) is 5.02 Å². The molecule has 0 saturated carbocycles. The largest absolute Gasteiger partial charge is 0.462 e. The number of nitrogens with zero attached hydrogens (tertiary/aromatic N) is 3. The summed E-state index contributed by atoms with van der Waals surface area (Å²) in [6, 6.07) is 8.21. The van der Waals surface area contributed by atoms with Crippen LogP contribution < -0.4 is 5.43 Å². The van der Waals surface area contributed by atoms with Gasteiger partial charge in [-0.1, -0.05) is 11.6 Å². The second kappa shape index (κ2) is 9.32. The average Bonchev–Trinajstić information content (AvgIpc) is 3.18. The predicted octanol–water partition coefficient (Wildman–Crippen LogP) is 5.76. The molecule has 0 aliphatic heterocycles. The number of rotatable bonds is 6. The lowest BCUT2D eigenvalue weighted by Crippen LogP contribution is -2.20. The van der Waals surface area contributed by atoms with E-state index in [1.807, 2.05) is 10.5 Å². The molecular formula is C24H17ClFN3O3S2. The zero-order valence-electron chi connectivity index (χ0n) is 17.9. The number of thiazole rings is 1. The normalized spacial score (nSPS) is 11.5. The van der Waals surface area contributed by atoms with Crippen molar-refractivity contribution in [2.24, 2.45) is 0 Å². The summed E-state index contributed by atoms with van der Waals surface area (Å²) in [6.07, 6.45) is 5.52. The van der Waals surface area contributed by atoms with Crippen LogP contribution >= 0.6 is 34.7 Å². The summed E-state index contributed by atoms with van der Waals surface area (Å²) in [5.74, 6) is -0.668. The van der Waals surface area contributed by atoms with E-state index in [1.54, 1.807) is 43.7 Å². The summed E-state index contributed by atoms with van der Waals surface area (Å²) in [5, 5.41) is 0.654. The highest BCUT2D eigenvalue weighted by Crippen LogP contribution is 2.35. The van der Waals surface area contributed by atoms with E-state index in [2.05, 4.69) is 9.97 Å². The fourth-order valence-corrected chi connectivity index (χ4v) is 6.16. The lowest BCUT2D eigenvalue weighted by molar-refractivity contribution is 0.0527. The smallest absolute Gasteiger partial charge is 0.345 e. The molecule has 0 unspecified atom stereocenters. The SMILES string of the molecule is CCOC(=O)c1c(=O)c2cc(F)c(SCCc3cnccn3)cc2n2c1sc1cc(Cl)ccc12. The molecule has 3 heterocycles. The molecule has 3 aromatic heterocycles. The highest BCUT2D eigenvalue weighted by Gasteiger charge is 2.24. The Hall–Kier alpha value is -3.01. The molecule has 172 valence electrons. The second-order valence-corrected chi connectivity index (χ2v) is 9.98. The van der Waals surface area contributed by atoms with E-state index in [-0.39, 0.29) is 17.6 Å². The Morgan fingerprint density at radius 1 is 1.24 bits per heavy atom. The van der Waals surface area contributed by atoms with Gasteiger partial charge in [-0.05, 0) is 37.3 Å². The van der Waals surface area contributed by atoms with Gasteiger partial charge < -0.3 is 4.74 Å². The van der Waals surface area contributed by atoms with E-state index in [4.69, 9.17) is 16.3 Å². The summed E-state index contributed by atoms with van der Waals surface area (Å²) < 4.78 is 22.8. The van der Waals surface area contributed by atoms with Crippen LogP contribution in [-0.4, -0.2) is 32.7 Å². The predicted molar refractivity (Wildman–Crippen MR) is 134 cm³/mol. The number of thioether (sulfide) groups is 1. The number of esters is 1. The van der Waals surface area contributed by atoms with Crippen molar-refractivity contribution in [2.75, 3.05) is 12.4 Å². The first kappa shape index (κ1) is 22.8. The monoisotopic (exact) mass is 513 g/mol.